The van der Waals surface area contributed by atoms with E-state index in [1.165, 1.54) is 0 Å². The van der Waals surface area contributed by atoms with Gasteiger partial charge in [-0.3, -0.25) is 4.79 Å². The zero-order valence-corrected chi connectivity index (χ0v) is 11.0. The highest BCUT2D eigenvalue weighted by atomic mass is 16.1. The molecule has 4 nitrogen and oxygen atoms in total. The van der Waals surface area contributed by atoms with Gasteiger partial charge in [0.05, 0.1) is 17.8 Å². The van der Waals surface area contributed by atoms with Crippen molar-refractivity contribution in [2.24, 2.45) is 0 Å². The zero-order chi connectivity index (χ0) is 13.4. The van der Waals surface area contributed by atoms with Gasteiger partial charge < -0.3 is 5.32 Å². The molecule has 1 aliphatic heterocycles. The van der Waals surface area contributed by atoms with Gasteiger partial charge in [0.1, 0.15) is 5.82 Å². The van der Waals surface area contributed by atoms with E-state index in [-0.39, 0.29) is 11.8 Å². The molecule has 19 heavy (non-hydrogen) atoms. The Morgan fingerprint density at radius 1 is 1.26 bits per heavy atom. The third-order valence-corrected chi connectivity index (χ3v) is 3.21. The third kappa shape index (κ3) is 2.10. The van der Waals surface area contributed by atoms with Crippen molar-refractivity contribution in [1.82, 2.24) is 9.97 Å². The highest BCUT2D eigenvalue weighted by Crippen LogP contribution is 2.32. The van der Waals surface area contributed by atoms with Crippen LogP contribution in [0.4, 0.5) is 5.69 Å². The molecule has 0 saturated carbocycles. The Balaban J connectivity index is 2.24. The van der Waals surface area contributed by atoms with Crippen LogP contribution in [0.25, 0.3) is 11.3 Å². The van der Waals surface area contributed by atoms with Gasteiger partial charge in [-0.2, -0.15) is 0 Å². The SMILES string of the molecule is CC(C)c1ncc2c(n1)-c1ccccc1NC(=O)C2. The highest BCUT2D eigenvalue weighted by Gasteiger charge is 2.20. The minimum absolute atomic E-state index is 0.0212. The van der Waals surface area contributed by atoms with Crippen LogP contribution in [0.2, 0.25) is 0 Å². The lowest BCUT2D eigenvalue weighted by atomic mass is 10.0. The number of carbonyl (C=O) groups is 1. The lowest BCUT2D eigenvalue weighted by molar-refractivity contribution is -0.115. The Hall–Kier alpha value is -2.23. The van der Waals surface area contributed by atoms with Gasteiger partial charge in [-0.05, 0) is 6.07 Å². The minimum Gasteiger partial charge on any atom is -0.325 e. The Bertz CT molecular complexity index is 650. The molecule has 0 bridgehead atoms. The average Bonchev–Trinajstić information content (AvgIpc) is 2.53. The standard InChI is InChI=1S/C15H15N3O/c1-9(2)15-16-8-10-7-13(19)17-12-6-4-3-5-11(12)14(10)18-15/h3-6,8-9H,7H2,1-2H3,(H,17,19). The molecule has 4 heteroatoms. The smallest absolute Gasteiger partial charge is 0.228 e. The summed E-state index contributed by atoms with van der Waals surface area (Å²) in [5, 5.41) is 2.91. The fourth-order valence-electron chi connectivity index (χ4n) is 2.23. The second-order valence-electron chi connectivity index (χ2n) is 5.03. The van der Waals surface area contributed by atoms with Crippen LogP contribution >= 0.6 is 0 Å². The van der Waals surface area contributed by atoms with Crippen molar-refractivity contribution < 1.29 is 4.79 Å². The first-order valence-corrected chi connectivity index (χ1v) is 6.40. The van der Waals surface area contributed by atoms with Crippen molar-refractivity contribution in [3.05, 3.63) is 41.9 Å². The number of hydrogen-bond acceptors (Lipinski definition) is 3. The topological polar surface area (TPSA) is 54.9 Å². The van der Waals surface area contributed by atoms with E-state index in [1.807, 2.05) is 24.3 Å². The van der Waals surface area contributed by atoms with E-state index in [0.717, 1.165) is 28.3 Å². The quantitative estimate of drug-likeness (QED) is 0.850. The van der Waals surface area contributed by atoms with Crippen LogP contribution < -0.4 is 5.32 Å². The summed E-state index contributed by atoms with van der Waals surface area (Å²) in [6, 6.07) is 7.75. The largest absolute Gasteiger partial charge is 0.325 e. The number of nitrogens with one attached hydrogen (secondary N) is 1. The molecule has 3 rings (SSSR count). The average molecular weight is 253 g/mol. The second kappa shape index (κ2) is 4.46. The summed E-state index contributed by atoms with van der Waals surface area (Å²) in [5.41, 5.74) is 3.53. The number of hydrogen-bond donors (Lipinski definition) is 1. The van der Waals surface area contributed by atoms with Crippen LogP contribution in [-0.4, -0.2) is 15.9 Å². The molecular formula is C15H15N3O. The summed E-state index contributed by atoms with van der Waals surface area (Å²) in [6.45, 7) is 4.13. The number of aromatic nitrogens is 2. The number of fused-ring (bicyclic) bond motifs is 3. The molecule has 1 N–H and O–H groups in total. The molecule has 1 aliphatic rings. The minimum atomic E-state index is -0.0212. The van der Waals surface area contributed by atoms with Crippen molar-refractivity contribution in [1.29, 1.82) is 0 Å². The lowest BCUT2D eigenvalue weighted by Gasteiger charge is -2.10. The van der Waals surface area contributed by atoms with Gasteiger partial charge in [0.2, 0.25) is 5.91 Å². The summed E-state index contributed by atoms with van der Waals surface area (Å²) in [7, 11) is 0. The van der Waals surface area contributed by atoms with E-state index >= 15 is 0 Å². The van der Waals surface area contributed by atoms with Crippen molar-refractivity contribution in [2.45, 2.75) is 26.2 Å². The molecule has 0 saturated heterocycles. The first kappa shape index (κ1) is 11.8. The number of carbonyl (C=O) groups excluding carboxylic acids is 1. The predicted octanol–water partition coefficient (Wildman–Crippen LogP) is 2.76. The molecular weight excluding hydrogens is 238 g/mol. The Kier molecular flexibility index (Phi) is 2.78. The van der Waals surface area contributed by atoms with Crippen LogP contribution in [0.15, 0.2) is 30.5 Å². The highest BCUT2D eigenvalue weighted by molar-refractivity contribution is 5.99. The monoisotopic (exact) mass is 253 g/mol. The van der Waals surface area contributed by atoms with Crippen LogP contribution in [0, 0.1) is 0 Å². The number of rotatable bonds is 1. The number of benzene rings is 1. The number of nitrogens with zero attached hydrogens (tertiary/aromatic N) is 2. The maximum atomic E-state index is 11.9. The van der Waals surface area contributed by atoms with Gasteiger partial charge >= 0.3 is 0 Å². The van der Waals surface area contributed by atoms with E-state index in [0.29, 0.717) is 6.42 Å². The molecule has 0 fully saturated rings. The first-order chi connectivity index (χ1) is 9.15. The molecule has 0 radical (unpaired) electrons. The number of para-hydroxylation sites is 1. The Labute approximate surface area is 111 Å². The zero-order valence-electron chi connectivity index (χ0n) is 11.0. The maximum absolute atomic E-state index is 11.9. The summed E-state index contributed by atoms with van der Waals surface area (Å²) in [5.74, 6) is 1.05. The van der Waals surface area contributed by atoms with Crippen LogP contribution in [-0.2, 0) is 11.2 Å². The Morgan fingerprint density at radius 3 is 2.84 bits per heavy atom. The van der Waals surface area contributed by atoms with Gasteiger partial charge in [-0.1, -0.05) is 32.0 Å². The second-order valence-corrected chi connectivity index (χ2v) is 5.03. The van der Waals surface area contributed by atoms with E-state index in [9.17, 15) is 4.79 Å². The predicted molar refractivity (Wildman–Crippen MR) is 73.9 cm³/mol. The third-order valence-electron chi connectivity index (χ3n) is 3.21. The number of amides is 1. The van der Waals surface area contributed by atoms with Crippen molar-refractivity contribution in [3.8, 4) is 11.3 Å². The maximum Gasteiger partial charge on any atom is 0.228 e. The van der Waals surface area contributed by atoms with Gasteiger partial charge in [0.25, 0.3) is 0 Å². The molecule has 0 spiro atoms. The van der Waals surface area contributed by atoms with Crippen LogP contribution in [0.3, 0.4) is 0 Å². The van der Waals surface area contributed by atoms with Gasteiger partial charge in [0, 0.05) is 23.2 Å². The summed E-state index contributed by atoms with van der Waals surface area (Å²) < 4.78 is 0. The van der Waals surface area contributed by atoms with Gasteiger partial charge in [-0.25, -0.2) is 9.97 Å². The van der Waals surface area contributed by atoms with Crippen LogP contribution in [0.5, 0.6) is 0 Å². The molecule has 1 aromatic heterocycles. The molecule has 0 aliphatic carbocycles. The first-order valence-electron chi connectivity index (χ1n) is 6.40. The molecule has 0 unspecified atom stereocenters. The van der Waals surface area contributed by atoms with E-state index in [1.54, 1.807) is 6.20 Å². The fraction of sp³-hybridized carbons (Fsp3) is 0.267. The number of anilines is 1. The van der Waals surface area contributed by atoms with Crippen molar-refractivity contribution in [2.75, 3.05) is 5.32 Å². The molecule has 1 aromatic carbocycles. The van der Waals surface area contributed by atoms with E-state index < -0.39 is 0 Å². The molecule has 96 valence electrons. The molecule has 2 heterocycles. The van der Waals surface area contributed by atoms with Crippen molar-refractivity contribution >= 4 is 11.6 Å². The van der Waals surface area contributed by atoms with Gasteiger partial charge in [-0.15, -0.1) is 0 Å². The Morgan fingerprint density at radius 2 is 2.05 bits per heavy atom. The lowest BCUT2D eigenvalue weighted by Crippen LogP contribution is -2.12. The van der Waals surface area contributed by atoms with E-state index in [4.69, 9.17) is 0 Å². The van der Waals surface area contributed by atoms with Gasteiger partial charge in [0.15, 0.2) is 0 Å². The summed E-state index contributed by atoms with van der Waals surface area (Å²) >= 11 is 0. The molecule has 0 atom stereocenters. The fourth-order valence-corrected chi connectivity index (χ4v) is 2.23. The van der Waals surface area contributed by atoms with E-state index in [2.05, 4.69) is 29.1 Å². The summed E-state index contributed by atoms with van der Waals surface area (Å²) in [4.78, 5) is 20.9. The molecule has 1 amide bonds. The van der Waals surface area contributed by atoms with Crippen molar-refractivity contribution in [3.63, 3.8) is 0 Å². The summed E-state index contributed by atoms with van der Waals surface area (Å²) in [6.07, 6.45) is 2.10. The van der Waals surface area contributed by atoms with Crippen LogP contribution in [0.1, 0.15) is 31.2 Å². The normalized spacial score (nSPS) is 13.5. The molecule has 2 aromatic rings.